The van der Waals surface area contributed by atoms with E-state index in [1.165, 1.54) is 36.4 Å². The van der Waals surface area contributed by atoms with Gasteiger partial charge in [-0.1, -0.05) is 12.1 Å². The molecule has 0 saturated carbocycles. The molecule has 1 atom stereocenters. The van der Waals surface area contributed by atoms with E-state index >= 15 is 0 Å². The predicted molar refractivity (Wildman–Crippen MR) is 111 cm³/mol. The number of hydrogen-bond donors (Lipinski definition) is 3. The summed E-state index contributed by atoms with van der Waals surface area (Å²) in [5.41, 5.74) is -0.140. The van der Waals surface area contributed by atoms with Crippen molar-refractivity contribution in [2.45, 2.75) is 12.5 Å². The van der Waals surface area contributed by atoms with Crippen LogP contribution in [0.15, 0.2) is 47.4 Å². The minimum absolute atomic E-state index is 0.0921. The van der Waals surface area contributed by atoms with Crippen LogP contribution >= 0.6 is 47.8 Å². The molecule has 8 nitrogen and oxygen atoms in total. The van der Waals surface area contributed by atoms with Gasteiger partial charge in [0.1, 0.15) is 6.10 Å². The van der Waals surface area contributed by atoms with E-state index in [0.717, 1.165) is 6.07 Å². The van der Waals surface area contributed by atoms with Crippen molar-refractivity contribution in [3.8, 4) is 0 Å². The standard InChI is InChI=1S/C16H12Br3NO7S/c17-16(18,19)28(25,26)12-3-1-2-8(7-12)13(27-20)9-4-10(14(21)22)6-11(5-9)15(23)24/h1-7,13H,20H2,(H,21,22)(H,23,24). The summed E-state index contributed by atoms with van der Waals surface area (Å²) >= 11 is 8.91. The van der Waals surface area contributed by atoms with Crippen molar-refractivity contribution in [1.29, 1.82) is 0 Å². The molecule has 150 valence electrons. The third-order valence-electron chi connectivity index (χ3n) is 3.66. The zero-order valence-electron chi connectivity index (χ0n) is 13.7. The molecule has 0 heterocycles. The van der Waals surface area contributed by atoms with Crippen molar-refractivity contribution in [2.75, 3.05) is 0 Å². The zero-order valence-corrected chi connectivity index (χ0v) is 19.2. The summed E-state index contributed by atoms with van der Waals surface area (Å²) in [4.78, 5) is 27.5. The van der Waals surface area contributed by atoms with Crippen LogP contribution in [0.1, 0.15) is 37.9 Å². The smallest absolute Gasteiger partial charge is 0.335 e. The van der Waals surface area contributed by atoms with Gasteiger partial charge in [0.15, 0.2) is 0 Å². The number of alkyl halides is 3. The number of hydrogen-bond acceptors (Lipinski definition) is 6. The highest BCUT2D eigenvalue weighted by Gasteiger charge is 2.37. The lowest BCUT2D eigenvalue weighted by atomic mass is 9.97. The molecule has 1 unspecified atom stereocenters. The van der Waals surface area contributed by atoms with Gasteiger partial charge >= 0.3 is 11.9 Å². The van der Waals surface area contributed by atoms with E-state index in [4.69, 9.17) is 10.7 Å². The number of aromatic carboxylic acids is 2. The van der Waals surface area contributed by atoms with Gasteiger partial charge in [-0.25, -0.2) is 23.9 Å². The van der Waals surface area contributed by atoms with Gasteiger partial charge in [0.25, 0.3) is 0 Å². The summed E-state index contributed by atoms with van der Waals surface area (Å²) in [6.07, 6.45) is -1.11. The van der Waals surface area contributed by atoms with Crippen molar-refractivity contribution in [3.05, 3.63) is 64.7 Å². The van der Waals surface area contributed by atoms with Crippen molar-refractivity contribution in [1.82, 2.24) is 0 Å². The van der Waals surface area contributed by atoms with Crippen molar-refractivity contribution >= 4 is 69.6 Å². The fraction of sp³-hybridized carbons (Fsp3) is 0.125. The van der Waals surface area contributed by atoms with Crippen LogP contribution in [0.2, 0.25) is 0 Å². The Morgan fingerprint density at radius 1 is 0.964 bits per heavy atom. The van der Waals surface area contributed by atoms with Gasteiger partial charge in [0.2, 0.25) is 11.3 Å². The van der Waals surface area contributed by atoms with Crippen LogP contribution in [-0.2, 0) is 14.7 Å². The first-order valence-corrected chi connectivity index (χ1v) is 11.1. The lowest BCUT2D eigenvalue weighted by molar-refractivity contribution is 0.0691. The van der Waals surface area contributed by atoms with Crippen LogP contribution in [-0.4, -0.2) is 32.0 Å². The second kappa shape index (κ2) is 8.59. The molecule has 2 aromatic rings. The van der Waals surface area contributed by atoms with E-state index in [2.05, 4.69) is 47.8 Å². The quantitative estimate of drug-likeness (QED) is 0.336. The number of halogens is 3. The number of carboxylic acids is 2. The number of carbonyl (C=O) groups is 2. The minimum Gasteiger partial charge on any atom is -0.478 e. The number of carboxylic acid groups (broad SMARTS) is 2. The van der Waals surface area contributed by atoms with Gasteiger partial charge in [-0.2, -0.15) is 0 Å². The van der Waals surface area contributed by atoms with E-state index in [9.17, 15) is 28.2 Å². The molecule has 0 aromatic heterocycles. The summed E-state index contributed by atoms with van der Waals surface area (Å²) in [6.45, 7) is 0. The summed E-state index contributed by atoms with van der Waals surface area (Å²) in [7, 11) is -3.90. The minimum atomic E-state index is -3.90. The Hall–Kier alpha value is -1.31. The molecule has 0 saturated heterocycles. The topological polar surface area (TPSA) is 144 Å². The van der Waals surface area contributed by atoms with E-state index in [-0.39, 0.29) is 27.1 Å². The van der Waals surface area contributed by atoms with Gasteiger partial charge in [-0.05, 0) is 89.2 Å². The van der Waals surface area contributed by atoms with E-state index < -0.39 is 29.4 Å². The fourth-order valence-electron chi connectivity index (χ4n) is 2.38. The second-order valence-corrected chi connectivity index (χ2v) is 15.9. The van der Waals surface area contributed by atoms with Crippen molar-refractivity contribution in [3.63, 3.8) is 0 Å². The SMILES string of the molecule is NOC(c1cc(C(=O)O)cc(C(=O)O)c1)c1cccc(S(=O)(=O)C(Br)(Br)Br)c1. The summed E-state index contributed by atoms with van der Waals surface area (Å²) < 4.78 is 23.5. The Kier molecular flexibility index (Phi) is 7.05. The first-order chi connectivity index (χ1) is 12.9. The Morgan fingerprint density at radius 3 is 1.93 bits per heavy atom. The Bertz CT molecular complexity index is 1000. The normalized spacial score (nSPS) is 13.1. The van der Waals surface area contributed by atoms with Crippen LogP contribution < -0.4 is 5.90 Å². The first-order valence-electron chi connectivity index (χ1n) is 7.27. The maximum Gasteiger partial charge on any atom is 0.335 e. The number of nitrogens with two attached hydrogens (primary N) is 1. The van der Waals surface area contributed by atoms with Crippen LogP contribution in [0, 0.1) is 0 Å². The lowest BCUT2D eigenvalue weighted by Crippen LogP contribution is -2.19. The monoisotopic (exact) mass is 599 g/mol. The molecule has 0 aliphatic heterocycles. The molecule has 0 fully saturated rings. The highest BCUT2D eigenvalue weighted by atomic mass is 80.0. The summed E-state index contributed by atoms with van der Waals surface area (Å²) in [5, 5.41) is 18.4. The van der Waals surface area contributed by atoms with E-state index in [1.807, 2.05) is 0 Å². The van der Waals surface area contributed by atoms with Gasteiger partial charge in [-0.3, -0.25) is 4.84 Å². The molecule has 0 amide bonds. The van der Waals surface area contributed by atoms with E-state index in [1.54, 1.807) is 0 Å². The van der Waals surface area contributed by atoms with Crippen LogP contribution in [0.3, 0.4) is 0 Å². The Labute approximate surface area is 184 Å². The number of benzene rings is 2. The summed E-state index contributed by atoms with van der Waals surface area (Å²) in [5.74, 6) is 2.69. The first kappa shape index (κ1) is 23.0. The Balaban J connectivity index is 2.63. The average molecular weight is 602 g/mol. The largest absolute Gasteiger partial charge is 0.478 e. The maximum atomic E-state index is 12.6. The molecule has 0 radical (unpaired) electrons. The molecule has 0 aliphatic carbocycles. The molecule has 2 rings (SSSR count). The van der Waals surface area contributed by atoms with Crippen LogP contribution in [0.4, 0.5) is 0 Å². The highest BCUT2D eigenvalue weighted by molar-refractivity contribution is 9.42. The van der Waals surface area contributed by atoms with E-state index in [0.29, 0.717) is 0 Å². The van der Waals surface area contributed by atoms with Gasteiger partial charge < -0.3 is 10.2 Å². The van der Waals surface area contributed by atoms with Gasteiger partial charge in [0, 0.05) is 0 Å². The molecule has 0 aliphatic rings. The Morgan fingerprint density at radius 2 is 1.50 bits per heavy atom. The molecule has 0 bridgehead atoms. The van der Waals surface area contributed by atoms with Crippen LogP contribution in [0.25, 0.3) is 0 Å². The molecule has 28 heavy (non-hydrogen) atoms. The second-order valence-electron chi connectivity index (χ2n) is 5.49. The lowest BCUT2D eigenvalue weighted by Gasteiger charge is -2.19. The third-order valence-corrected chi connectivity index (χ3v) is 8.98. The highest BCUT2D eigenvalue weighted by Crippen LogP contribution is 2.43. The van der Waals surface area contributed by atoms with Gasteiger partial charge in [-0.15, -0.1) is 0 Å². The molecular formula is C16H12Br3NO7S. The third kappa shape index (κ3) is 4.81. The fourth-order valence-corrected chi connectivity index (χ4v) is 4.88. The van der Waals surface area contributed by atoms with Crippen molar-refractivity contribution < 1.29 is 33.1 Å². The van der Waals surface area contributed by atoms with Crippen LogP contribution in [0.5, 0.6) is 0 Å². The maximum absolute atomic E-state index is 12.6. The molecule has 4 N–H and O–H groups in total. The molecule has 0 spiro atoms. The van der Waals surface area contributed by atoms with Crippen molar-refractivity contribution in [2.24, 2.45) is 5.90 Å². The predicted octanol–water partition coefficient (Wildman–Crippen LogP) is 3.63. The molecule has 12 heteroatoms. The number of rotatable bonds is 6. The van der Waals surface area contributed by atoms with Gasteiger partial charge in [0.05, 0.1) is 16.0 Å². The molecular weight excluding hydrogens is 590 g/mol. The number of sulfone groups is 1. The summed E-state index contributed by atoms with van der Waals surface area (Å²) in [6, 6.07) is 9.02. The molecule has 2 aromatic carbocycles. The zero-order chi connectivity index (χ0) is 21.3. The average Bonchev–Trinajstić information content (AvgIpc) is 2.61.